The average molecular weight is 512 g/mol. The number of benzene rings is 1. The SMILES string of the molecule is CCc1ccc(C(C)NC(=NCc2nnc(C)n2C)NCC2CCCO2)cc1.I. The summed E-state index contributed by atoms with van der Waals surface area (Å²) in [4.78, 5) is 4.74. The normalized spacial score (nSPS) is 17.7. The van der Waals surface area contributed by atoms with E-state index in [-0.39, 0.29) is 36.1 Å². The first-order valence-corrected chi connectivity index (χ1v) is 10.2. The zero-order valence-electron chi connectivity index (χ0n) is 17.8. The van der Waals surface area contributed by atoms with Gasteiger partial charge in [0.2, 0.25) is 0 Å². The number of aliphatic imine (C=N–C) groups is 1. The molecule has 1 aromatic carbocycles. The molecule has 1 fully saturated rings. The van der Waals surface area contributed by atoms with Crippen LogP contribution < -0.4 is 10.6 Å². The van der Waals surface area contributed by atoms with Crippen molar-refractivity contribution in [2.24, 2.45) is 12.0 Å². The average Bonchev–Trinajstić information content (AvgIpc) is 3.35. The third-order valence-electron chi connectivity index (χ3n) is 5.32. The van der Waals surface area contributed by atoms with Crippen molar-refractivity contribution in [3.8, 4) is 0 Å². The lowest BCUT2D eigenvalue weighted by Crippen LogP contribution is -2.42. The van der Waals surface area contributed by atoms with Gasteiger partial charge in [-0.15, -0.1) is 34.2 Å². The van der Waals surface area contributed by atoms with Gasteiger partial charge in [-0.1, -0.05) is 31.2 Å². The summed E-state index contributed by atoms with van der Waals surface area (Å²) in [5, 5.41) is 15.3. The van der Waals surface area contributed by atoms with Crippen LogP contribution in [0.25, 0.3) is 0 Å². The lowest BCUT2D eigenvalue weighted by molar-refractivity contribution is 0.113. The van der Waals surface area contributed by atoms with Crippen LogP contribution in [0, 0.1) is 6.92 Å². The Morgan fingerprint density at radius 2 is 2.07 bits per heavy atom. The van der Waals surface area contributed by atoms with Crippen molar-refractivity contribution < 1.29 is 4.74 Å². The van der Waals surface area contributed by atoms with Crippen LogP contribution in [0.5, 0.6) is 0 Å². The molecule has 0 bridgehead atoms. The van der Waals surface area contributed by atoms with Gasteiger partial charge in [0.05, 0.1) is 12.1 Å². The molecule has 0 aliphatic carbocycles. The van der Waals surface area contributed by atoms with Crippen LogP contribution in [0.4, 0.5) is 0 Å². The Morgan fingerprint density at radius 3 is 2.66 bits per heavy atom. The maximum atomic E-state index is 5.73. The molecule has 29 heavy (non-hydrogen) atoms. The van der Waals surface area contributed by atoms with Crippen LogP contribution in [0.2, 0.25) is 0 Å². The van der Waals surface area contributed by atoms with Crippen molar-refractivity contribution in [1.82, 2.24) is 25.4 Å². The lowest BCUT2D eigenvalue weighted by atomic mass is 10.1. The van der Waals surface area contributed by atoms with Gasteiger partial charge in [0.25, 0.3) is 0 Å². The first-order valence-electron chi connectivity index (χ1n) is 10.2. The van der Waals surface area contributed by atoms with E-state index in [0.717, 1.165) is 50.0 Å². The second-order valence-electron chi connectivity index (χ2n) is 7.36. The Morgan fingerprint density at radius 1 is 1.31 bits per heavy atom. The smallest absolute Gasteiger partial charge is 0.192 e. The van der Waals surface area contributed by atoms with Crippen LogP contribution in [-0.4, -0.2) is 40.0 Å². The van der Waals surface area contributed by atoms with E-state index in [1.807, 2.05) is 18.5 Å². The molecule has 1 saturated heterocycles. The largest absolute Gasteiger partial charge is 0.376 e. The first kappa shape index (κ1) is 23.6. The van der Waals surface area contributed by atoms with Crippen molar-refractivity contribution in [3.63, 3.8) is 0 Å². The van der Waals surface area contributed by atoms with Gasteiger partial charge in [0.1, 0.15) is 12.4 Å². The van der Waals surface area contributed by atoms with Crippen molar-refractivity contribution in [2.75, 3.05) is 13.2 Å². The molecule has 2 unspecified atom stereocenters. The number of hydrogen-bond donors (Lipinski definition) is 2. The minimum absolute atomic E-state index is 0. The summed E-state index contributed by atoms with van der Waals surface area (Å²) in [7, 11) is 1.96. The summed E-state index contributed by atoms with van der Waals surface area (Å²) in [6.45, 7) is 8.34. The van der Waals surface area contributed by atoms with Crippen LogP contribution >= 0.6 is 24.0 Å². The fourth-order valence-electron chi connectivity index (χ4n) is 3.24. The molecule has 7 nitrogen and oxygen atoms in total. The highest BCUT2D eigenvalue weighted by Crippen LogP contribution is 2.14. The fraction of sp³-hybridized carbons (Fsp3) is 0.571. The van der Waals surface area contributed by atoms with E-state index in [2.05, 4.69) is 58.9 Å². The number of rotatable bonds is 7. The van der Waals surface area contributed by atoms with Gasteiger partial charge in [0, 0.05) is 20.2 Å². The van der Waals surface area contributed by atoms with Gasteiger partial charge in [-0.05, 0) is 44.2 Å². The number of nitrogens with zero attached hydrogens (tertiary/aromatic N) is 4. The molecule has 2 atom stereocenters. The molecule has 0 amide bonds. The molecular weight excluding hydrogens is 479 g/mol. The van der Waals surface area contributed by atoms with Gasteiger partial charge in [-0.3, -0.25) is 0 Å². The number of nitrogens with one attached hydrogen (secondary N) is 2. The van der Waals surface area contributed by atoms with Crippen LogP contribution in [0.15, 0.2) is 29.3 Å². The zero-order valence-corrected chi connectivity index (χ0v) is 20.1. The second kappa shape index (κ2) is 11.5. The van der Waals surface area contributed by atoms with E-state index in [1.165, 1.54) is 11.1 Å². The van der Waals surface area contributed by atoms with E-state index >= 15 is 0 Å². The predicted octanol–water partition coefficient (Wildman–Crippen LogP) is 3.28. The molecule has 160 valence electrons. The van der Waals surface area contributed by atoms with E-state index in [9.17, 15) is 0 Å². The molecule has 1 aliphatic rings. The Bertz CT molecular complexity index is 783. The highest BCUT2D eigenvalue weighted by atomic mass is 127. The van der Waals surface area contributed by atoms with E-state index in [1.54, 1.807) is 0 Å². The zero-order chi connectivity index (χ0) is 19.9. The summed E-state index contributed by atoms with van der Waals surface area (Å²) in [6.07, 6.45) is 3.53. The van der Waals surface area contributed by atoms with Gasteiger partial charge in [-0.25, -0.2) is 4.99 Å². The highest BCUT2D eigenvalue weighted by molar-refractivity contribution is 14.0. The van der Waals surface area contributed by atoms with E-state index in [0.29, 0.717) is 6.54 Å². The van der Waals surface area contributed by atoms with Crippen molar-refractivity contribution in [3.05, 3.63) is 47.0 Å². The standard InChI is InChI=1S/C21H32N6O.HI/c1-5-17-8-10-18(11-9-17)15(2)24-21(22-13-19-7-6-12-28-19)23-14-20-26-25-16(3)27(20)4;/h8-11,15,19H,5-7,12-14H2,1-4H3,(H2,22,23,24);1H. The van der Waals surface area contributed by atoms with Gasteiger partial charge >= 0.3 is 0 Å². The second-order valence-corrected chi connectivity index (χ2v) is 7.36. The molecule has 3 rings (SSSR count). The summed E-state index contributed by atoms with van der Waals surface area (Å²) >= 11 is 0. The van der Waals surface area contributed by atoms with Crippen LogP contribution in [0.3, 0.4) is 0 Å². The van der Waals surface area contributed by atoms with Crippen molar-refractivity contribution in [2.45, 2.75) is 58.7 Å². The minimum atomic E-state index is 0. The van der Waals surface area contributed by atoms with Crippen molar-refractivity contribution in [1.29, 1.82) is 0 Å². The summed E-state index contributed by atoms with van der Waals surface area (Å²) in [5.41, 5.74) is 2.58. The van der Waals surface area contributed by atoms with E-state index in [4.69, 9.17) is 9.73 Å². The summed E-state index contributed by atoms with van der Waals surface area (Å²) < 4.78 is 7.70. The number of aromatic nitrogens is 3. The van der Waals surface area contributed by atoms with Gasteiger partial charge in [0.15, 0.2) is 11.8 Å². The molecule has 0 spiro atoms. The topological polar surface area (TPSA) is 76.4 Å². The Labute approximate surface area is 190 Å². The number of halogens is 1. The molecule has 1 aliphatic heterocycles. The summed E-state index contributed by atoms with van der Waals surface area (Å²) in [5.74, 6) is 2.50. The monoisotopic (exact) mass is 512 g/mol. The van der Waals surface area contributed by atoms with Crippen LogP contribution in [-0.2, 0) is 24.8 Å². The molecule has 8 heteroatoms. The van der Waals surface area contributed by atoms with Gasteiger partial charge < -0.3 is 19.9 Å². The molecular formula is C21H33IN6O. The van der Waals surface area contributed by atoms with Crippen LogP contribution in [0.1, 0.15) is 55.5 Å². The predicted molar refractivity (Wildman–Crippen MR) is 127 cm³/mol. The molecule has 2 aromatic rings. The maximum Gasteiger partial charge on any atom is 0.192 e. The number of ether oxygens (including phenoxy) is 1. The Kier molecular flexibility index (Phi) is 9.35. The third-order valence-corrected chi connectivity index (χ3v) is 5.32. The maximum absolute atomic E-state index is 5.73. The highest BCUT2D eigenvalue weighted by Gasteiger charge is 2.17. The quantitative estimate of drug-likeness (QED) is 0.339. The Hall–Kier alpha value is -1.68. The number of guanidine groups is 1. The molecule has 0 radical (unpaired) electrons. The molecule has 2 heterocycles. The van der Waals surface area contributed by atoms with E-state index < -0.39 is 0 Å². The lowest BCUT2D eigenvalue weighted by Gasteiger charge is -2.20. The fourth-order valence-corrected chi connectivity index (χ4v) is 3.24. The molecule has 2 N–H and O–H groups in total. The molecule has 1 aromatic heterocycles. The first-order chi connectivity index (χ1) is 13.6. The summed E-state index contributed by atoms with van der Waals surface area (Å²) in [6, 6.07) is 8.88. The number of aryl methyl sites for hydroxylation is 2. The van der Waals surface area contributed by atoms with Crippen molar-refractivity contribution >= 4 is 29.9 Å². The third kappa shape index (κ3) is 6.67. The molecule has 0 saturated carbocycles. The van der Waals surface area contributed by atoms with Gasteiger partial charge in [-0.2, -0.15) is 0 Å². The Balaban J connectivity index is 0.00000300. The number of hydrogen-bond acceptors (Lipinski definition) is 4. The minimum Gasteiger partial charge on any atom is -0.376 e.